The van der Waals surface area contributed by atoms with Crippen molar-refractivity contribution < 1.29 is 14.8 Å². The van der Waals surface area contributed by atoms with Gasteiger partial charge in [0.05, 0.1) is 5.56 Å². The van der Waals surface area contributed by atoms with Gasteiger partial charge in [0.25, 0.3) is 5.91 Å². The second-order valence-corrected chi connectivity index (χ2v) is 6.72. The van der Waals surface area contributed by atoms with Crippen molar-refractivity contribution in [3.05, 3.63) is 77.4 Å². The molecule has 1 aliphatic heterocycles. The Kier molecular flexibility index (Phi) is 3.90. The van der Waals surface area contributed by atoms with Gasteiger partial charge in [0.1, 0.15) is 18.8 Å². The lowest BCUT2D eigenvalue weighted by Crippen LogP contribution is -3.15. The molecule has 0 aliphatic carbocycles. The zero-order chi connectivity index (χ0) is 17.4. The van der Waals surface area contributed by atoms with E-state index in [2.05, 4.69) is 12.1 Å². The third kappa shape index (κ3) is 2.85. The van der Waals surface area contributed by atoms with E-state index in [0.717, 1.165) is 27.8 Å². The summed E-state index contributed by atoms with van der Waals surface area (Å²) in [5.74, 6) is -0.0162. The molecule has 0 radical (unpaired) electrons. The fourth-order valence-electron chi connectivity index (χ4n) is 3.89. The molecule has 1 aliphatic rings. The number of quaternary nitrogens is 1. The van der Waals surface area contributed by atoms with Gasteiger partial charge in [-0.15, -0.1) is 0 Å². The van der Waals surface area contributed by atoms with E-state index >= 15 is 0 Å². The zero-order valence-corrected chi connectivity index (χ0v) is 13.9. The Hall–Kier alpha value is -2.85. The number of hydrogen-bond donors (Lipinski definition) is 3. The van der Waals surface area contributed by atoms with Gasteiger partial charge in [-0.25, -0.2) is 0 Å². The first-order valence-electron chi connectivity index (χ1n) is 8.54. The van der Waals surface area contributed by atoms with Crippen molar-refractivity contribution in [3.63, 3.8) is 0 Å². The number of nitrogens with two attached hydrogens (primary N) is 1. The summed E-state index contributed by atoms with van der Waals surface area (Å²) in [5, 5.41) is 12.5. The molecule has 4 rings (SSSR count). The number of carbonyl (C=O) groups excluding carboxylic acids is 1. The van der Waals surface area contributed by atoms with Crippen LogP contribution >= 0.6 is 0 Å². The molecule has 4 N–H and O–H groups in total. The first-order chi connectivity index (χ1) is 12.1. The Labute approximate surface area is 146 Å². The van der Waals surface area contributed by atoms with Crippen LogP contribution < -0.4 is 10.6 Å². The summed E-state index contributed by atoms with van der Waals surface area (Å²) in [6.07, 6.45) is 0.645. The number of primary amides is 1. The summed E-state index contributed by atoms with van der Waals surface area (Å²) in [6, 6.07) is 19.6. The van der Waals surface area contributed by atoms with Crippen LogP contribution in [-0.4, -0.2) is 17.1 Å². The highest BCUT2D eigenvalue weighted by atomic mass is 16.3. The van der Waals surface area contributed by atoms with Crippen molar-refractivity contribution in [2.24, 2.45) is 5.73 Å². The Balaban J connectivity index is 1.74. The minimum atomic E-state index is -0.288. The summed E-state index contributed by atoms with van der Waals surface area (Å²) >= 11 is 0. The molecular weight excluding hydrogens is 312 g/mol. The molecule has 0 aromatic heterocycles. The number of amides is 1. The average Bonchev–Trinajstić information content (AvgIpc) is 2.63. The number of rotatable bonds is 3. The van der Waals surface area contributed by atoms with Crippen molar-refractivity contribution in [1.82, 2.24) is 0 Å². The summed E-state index contributed by atoms with van der Waals surface area (Å²) in [5.41, 5.74) is 9.01. The molecule has 3 aromatic carbocycles. The first kappa shape index (κ1) is 15.7. The minimum absolute atomic E-state index is 0.272. The van der Waals surface area contributed by atoms with Gasteiger partial charge in [-0.2, -0.15) is 0 Å². The van der Waals surface area contributed by atoms with Gasteiger partial charge in [0.2, 0.25) is 0 Å². The predicted octanol–water partition coefficient (Wildman–Crippen LogP) is 1.54. The molecule has 25 heavy (non-hydrogen) atoms. The molecule has 4 nitrogen and oxygen atoms in total. The van der Waals surface area contributed by atoms with Crippen molar-refractivity contribution in [2.75, 3.05) is 0 Å². The molecule has 0 saturated heterocycles. The normalized spacial score (nSPS) is 19.5. The van der Waals surface area contributed by atoms with Crippen LogP contribution in [0.3, 0.4) is 0 Å². The van der Waals surface area contributed by atoms with Gasteiger partial charge < -0.3 is 15.7 Å². The fraction of sp³-hybridized carbons (Fsp3) is 0.190. The van der Waals surface area contributed by atoms with E-state index < -0.39 is 0 Å². The summed E-state index contributed by atoms with van der Waals surface area (Å²) < 4.78 is 0. The number of phenolic OH excluding ortho intramolecular Hbond substituents is 1. The smallest absolute Gasteiger partial charge is 0.276 e. The van der Waals surface area contributed by atoms with E-state index in [-0.39, 0.29) is 17.7 Å². The van der Waals surface area contributed by atoms with Gasteiger partial charge in [-0.3, -0.25) is 4.79 Å². The lowest BCUT2D eigenvalue weighted by Gasteiger charge is -2.32. The van der Waals surface area contributed by atoms with E-state index in [4.69, 9.17) is 5.73 Å². The van der Waals surface area contributed by atoms with E-state index in [1.807, 2.05) is 42.5 Å². The first-order valence-corrected chi connectivity index (χ1v) is 8.54. The quantitative estimate of drug-likeness (QED) is 0.681. The number of carbonyl (C=O) groups is 1. The average molecular weight is 333 g/mol. The van der Waals surface area contributed by atoms with Crippen LogP contribution in [0, 0.1) is 0 Å². The Morgan fingerprint density at radius 2 is 1.76 bits per heavy atom. The predicted molar refractivity (Wildman–Crippen MR) is 97.1 cm³/mol. The Morgan fingerprint density at radius 3 is 2.56 bits per heavy atom. The molecule has 1 heterocycles. The van der Waals surface area contributed by atoms with Crippen LogP contribution in [0.5, 0.6) is 5.75 Å². The monoisotopic (exact) mass is 333 g/mol. The highest BCUT2D eigenvalue weighted by Crippen LogP contribution is 2.27. The number of phenols is 1. The van der Waals surface area contributed by atoms with E-state index in [1.165, 1.54) is 11.1 Å². The topological polar surface area (TPSA) is 67.8 Å². The molecule has 0 fully saturated rings. The van der Waals surface area contributed by atoms with Crippen molar-refractivity contribution >= 4 is 16.7 Å². The molecule has 1 amide bonds. The molecule has 0 saturated carbocycles. The van der Waals surface area contributed by atoms with Crippen LogP contribution in [0.2, 0.25) is 0 Å². The molecule has 0 bridgehead atoms. The Bertz CT molecular complexity index is 952. The highest BCUT2D eigenvalue weighted by Gasteiger charge is 2.34. The van der Waals surface area contributed by atoms with Crippen molar-refractivity contribution in [2.45, 2.75) is 25.6 Å². The molecule has 3 aromatic rings. The number of hydrogen-bond acceptors (Lipinski definition) is 2. The second-order valence-electron chi connectivity index (χ2n) is 6.72. The number of aromatic hydroxyl groups is 1. The SMILES string of the molecule is NC(=O)[C@@H]1Cc2ccccc2C[NH+]1Cc1c(O)ccc2ccccc12. The van der Waals surface area contributed by atoms with Crippen LogP contribution in [0.25, 0.3) is 10.8 Å². The highest BCUT2D eigenvalue weighted by molar-refractivity contribution is 5.87. The standard InChI is InChI=1S/C21H20N2O2/c22-21(25)19-11-15-6-1-2-7-16(15)12-23(19)13-18-17-8-4-3-5-14(17)9-10-20(18)24/h1-10,19,24H,11-13H2,(H2,22,25)/p+1/t19-/m0/s1. The third-order valence-corrected chi connectivity index (χ3v) is 5.22. The third-order valence-electron chi connectivity index (χ3n) is 5.22. The molecule has 2 atom stereocenters. The van der Waals surface area contributed by atoms with Crippen LogP contribution in [0.15, 0.2) is 60.7 Å². The van der Waals surface area contributed by atoms with Gasteiger partial charge in [-0.05, 0) is 22.4 Å². The van der Waals surface area contributed by atoms with E-state index in [9.17, 15) is 9.90 Å². The maximum atomic E-state index is 12.1. The number of benzene rings is 3. The second kappa shape index (κ2) is 6.22. The maximum absolute atomic E-state index is 12.1. The molecular formula is C21H21N2O2+. The lowest BCUT2D eigenvalue weighted by atomic mass is 9.92. The zero-order valence-electron chi connectivity index (χ0n) is 13.9. The van der Waals surface area contributed by atoms with Crippen molar-refractivity contribution in [3.8, 4) is 5.75 Å². The van der Waals surface area contributed by atoms with Crippen LogP contribution in [0.1, 0.15) is 16.7 Å². The maximum Gasteiger partial charge on any atom is 0.276 e. The number of fused-ring (bicyclic) bond motifs is 2. The summed E-state index contributed by atoms with van der Waals surface area (Å²) in [7, 11) is 0. The molecule has 126 valence electrons. The largest absolute Gasteiger partial charge is 0.507 e. The van der Waals surface area contributed by atoms with Gasteiger partial charge >= 0.3 is 0 Å². The van der Waals surface area contributed by atoms with Crippen LogP contribution in [-0.2, 0) is 24.3 Å². The van der Waals surface area contributed by atoms with Gasteiger partial charge in [0, 0.05) is 12.0 Å². The summed E-state index contributed by atoms with van der Waals surface area (Å²) in [6.45, 7) is 1.29. The van der Waals surface area contributed by atoms with Crippen molar-refractivity contribution in [1.29, 1.82) is 0 Å². The van der Waals surface area contributed by atoms with Gasteiger partial charge in [0.15, 0.2) is 6.04 Å². The molecule has 4 heteroatoms. The van der Waals surface area contributed by atoms with E-state index in [0.29, 0.717) is 13.0 Å². The van der Waals surface area contributed by atoms with Crippen LogP contribution in [0.4, 0.5) is 0 Å². The summed E-state index contributed by atoms with van der Waals surface area (Å²) in [4.78, 5) is 13.1. The molecule has 0 spiro atoms. The molecule has 1 unspecified atom stereocenters. The lowest BCUT2D eigenvalue weighted by molar-refractivity contribution is -0.945. The minimum Gasteiger partial charge on any atom is -0.507 e. The number of nitrogens with one attached hydrogen (secondary N) is 1. The van der Waals surface area contributed by atoms with E-state index in [1.54, 1.807) is 6.07 Å². The van der Waals surface area contributed by atoms with Gasteiger partial charge in [-0.1, -0.05) is 54.6 Å². The Morgan fingerprint density at radius 1 is 1.04 bits per heavy atom. The fourth-order valence-corrected chi connectivity index (χ4v) is 3.89.